The summed E-state index contributed by atoms with van der Waals surface area (Å²) in [6.45, 7) is 4.28. The maximum atomic E-state index is 12.5. The number of fused-ring (bicyclic) bond motifs is 1. The minimum atomic E-state index is -3.73. The molecule has 0 amide bonds. The van der Waals surface area contributed by atoms with Crippen LogP contribution in [0.3, 0.4) is 0 Å². The Hall–Kier alpha value is -1.31. The predicted octanol–water partition coefficient (Wildman–Crippen LogP) is 1.29. The average molecular weight is 315 g/mol. The Labute approximate surface area is 125 Å². The average Bonchev–Trinajstić information content (AvgIpc) is 2.52. The lowest BCUT2D eigenvalue weighted by Gasteiger charge is -2.30. The van der Waals surface area contributed by atoms with Crippen molar-refractivity contribution in [3.05, 3.63) is 18.2 Å². The minimum absolute atomic E-state index is 0.103. The van der Waals surface area contributed by atoms with Gasteiger partial charge in [0, 0.05) is 6.07 Å². The lowest BCUT2D eigenvalue weighted by molar-refractivity contribution is 0.170. The first kappa shape index (κ1) is 16.1. The number of nitrogens with one attached hydrogen (secondary N) is 1. The van der Waals surface area contributed by atoms with Gasteiger partial charge in [0.1, 0.15) is 13.2 Å². The number of hydrogen-bond acceptors (Lipinski definition) is 5. The number of aliphatic hydroxyl groups is 1. The highest BCUT2D eigenvalue weighted by molar-refractivity contribution is 7.89. The molecule has 0 saturated heterocycles. The molecule has 0 unspecified atom stereocenters. The Balaban J connectivity index is 2.31. The van der Waals surface area contributed by atoms with Gasteiger partial charge in [0.15, 0.2) is 11.5 Å². The normalized spacial score (nSPS) is 15.0. The summed E-state index contributed by atoms with van der Waals surface area (Å²) in [4.78, 5) is 0.103. The van der Waals surface area contributed by atoms with Gasteiger partial charge in [-0.3, -0.25) is 0 Å². The quantitative estimate of drug-likeness (QED) is 0.826. The molecule has 1 aromatic rings. The minimum Gasteiger partial charge on any atom is -0.486 e. The van der Waals surface area contributed by atoms with Crippen molar-refractivity contribution in [2.45, 2.75) is 37.1 Å². The number of aliphatic hydroxyl groups excluding tert-OH is 1. The second-order valence-corrected chi connectivity index (χ2v) is 6.74. The van der Waals surface area contributed by atoms with Crippen molar-refractivity contribution in [2.75, 3.05) is 19.8 Å². The van der Waals surface area contributed by atoms with Crippen LogP contribution in [0.25, 0.3) is 0 Å². The third kappa shape index (κ3) is 3.30. The second-order valence-electron chi connectivity index (χ2n) is 5.06. The molecule has 2 N–H and O–H groups in total. The van der Waals surface area contributed by atoms with Crippen LogP contribution in [0, 0.1) is 0 Å². The second kappa shape index (κ2) is 6.21. The number of sulfonamides is 1. The molecule has 1 aliphatic rings. The summed E-state index contributed by atoms with van der Waals surface area (Å²) in [6.07, 6.45) is 1.01. The molecule has 1 aliphatic heterocycles. The van der Waals surface area contributed by atoms with Crippen LogP contribution in [0.1, 0.15) is 26.7 Å². The summed E-state index contributed by atoms with van der Waals surface area (Å²) in [7, 11) is -3.73. The Kier molecular flexibility index (Phi) is 4.75. The molecular formula is C14H21NO5S. The molecule has 1 heterocycles. The van der Waals surface area contributed by atoms with E-state index in [0.717, 1.165) is 0 Å². The highest BCUT2D eigenvalue weighted by Gasteiger charge is 2.32. The van der Waals surface area contributed by atoms with Crippen LogP contribution in [-0.4, -0.2) is 38.9 Å². The van der Waals surface area contributed by atoms with Gasteiger partial charge in [-0.1, -0.05) is 13.8 Å². The molecule has 0 aliphatic carbocycles. The van der Waals surface area contributed by atoms with Crippen molar-refractivity contribution in [2.24, 2.45) is 0 Å². The molecule has 0 fully saturated rings. The van der Waals surface area contributed by atoms with E-state index in [4.69, 9.17) is 9.47 Å². The lowest BCUT2D eigenvalue weighted by Crippen LogP contribution is -2.50. The van der Waals surface area contributed by atoms with Crippen molar-refractivity contribution in [1.82, 2.24) is 4.72 Å². The van der Waals surface area contributed by atoms with Gasteiger partial charge in [0.2, 0.25) is 10.0 Å². The highest BCUT2D eigenvalue weighted by atomic mass is 32.2. The van der Waals surface area contributed by atoms with Gasteiger partial charge in [-0.05, 0) is 25.0 Å². The Bertz CT molecular complexity index is 587. The number of ether oxygens (including phenoxy) is 2. The lowest BCUT2D eigenvalue weighted by atomic mass is 9.96. The molecule has 7 heteroatoms. The fourth-order valence-corrected chi connectivity index (χ4v) is 3.74. The summed E-state index contributed by atoms with van der Waals surface area (Å²) in [6, 6.07) is 4.51. The summed E-state index contributed by atoms with van der Waals surface area (Å²) < 4.78 is 38.4. The molecule has 6 nitrogen and oxygen atoms in total. The number of rotatable bonds is 6. The molecule has 118 valence electrons. The van der Waals surface area contributed by atoms with Gasteiger partial charge in [-0.25, -0.2) is 13.1 Å². The maximum Gasteiger partial charge on any atom is 0.241 e. The zero-order valence-corrected chi connectivity index (χ0v) is 13.1. The largest absolute Gasteiger partial charge is 0.486 e. The van der Waals surface area contributed by atoms with Crippen molar-refractivity contribution in [3.8, 4) is 11.5 Å². The molecule has 0 bridgehead atoms. The Morgan fingerprint density at radius 3 is 2.38 bits per heavy atom. The molecule has 0 atom stereocenters. The van der Waals surface area contributed by atoms with Gasteiger partial charge in [0.05, 0.1) is 17.0 Å². The molecule has 0 radical (unpaired) electrons. The summed E-state index contributed by atoms with van der Waals surface area (Å²) >= 11 is 0. The topological polar surface area (TPSA) is 84.9 Å². The molecule has 0 aromatic heterocycles. The third-order valence-electron chi connectivity index (χ3n) is 3.83. The van der Waals surface area contributed by atoms with Gasteiger partial charge in [0.25, 0.3) is 0 Å². The fourth-order valence-electron chi connectivity index (χ4n) is 2.19. The van der Waals surface area contributed by atoms with Crippen LogP contribution in [0.2, 0.25) is 0 Å². The number of hydrogen-bond donors (Lipinski definition) is 2. The maximum absolute atomic E-state index is 12.5. The van der Waals surface area contributed by atoms with Crippen LogP contribution in [0.4, 0.5) is 0 Å². The first-order valence-corrected chi connectivity index (χ1v) is 8.49. The first-order valence-electron chi connectivity index (χ1n) is 7.01. The molecule has 0 spiro atoms. The van der Waals surface area contributed by atoms with Crippen molar-refractivity contribution in [3.63, 3.8) is 0 Å². The van der Waals surface area contributed by atoms with Crippen molar-refractivity contribution in [1.29, 1.82) is 0 Å². The van der Waals surface area contributed by atoms with E-state index in [0.29, 0.717) is 37.6 Å². The molecule has 0 saturated carbocycles. The van der Waals surface area contributed by atoms with Gasteiger partial charge < -0.3 is 14.6 Å². The van der Waals surface area contributed by atoms with E-state index >= 15 is 0 Å². The van der Waals surface area contributed by atoms with Gasteiger partial charge >= 0.3 is 0 Å². The Morgan fingerprint density at radius 2 is 1.81 bits per heavy atom. The summed E-state index contributed by atoms with van der Waals surface area (Å²) in [5, 5.41) is 9.51. The van der Waals surface area contributed by atoms with E-state index in [2.05, 4.69) is 4.72 Å². The van der Waals surface area contributed by atoms with Gasteiger partial charge in [-0.15, -0.1) is 0 Å². The summed E-state index contributed by atoms with van der Waals surface area (Å²) in [5.41, 5.74) is -0.841. The van der Waals surface area contributed by atoms with Gasteiger partial charge in [-0.2, -0.15) is 0 Å². The van der Waals surface area contributed by atoms with E-state index in [1.54, 1.807) is 6.07 Å². The standard InChI is InChI=1S/C14H21NO5S/c1-3-14(4-2,10-16)15-21(17,18)11-5-6-12-13(9-11)20-8-7-19-12/h5-6,9,15-16H,3-4,7-8,10H2,1-2H3. The molecule has 21 heavy (non-hydrogen) atoms. The summed E-state index contributed by atoms with van der Waals surface area (Å²) in [5.74, 6) is 0.964. The fraction of sp³-hybridized carbons (Fsp3) is 0.571. The SMILES string of the molecule is CCC(CC)(CO)NS(=O)(=O)c1ccc2c(c1)OCCO2. The predicted molar refractivity (Wildman–Crippen MR) is 78.2 cm³/mol. The smallest absolute Gasteiger partial charge is 0.241 e. The van der Waals surface area contributed by atoms with Crippen LogP contribution >= 0.6 is 0 Å². The molecular weight excluding hydrogens is 294 g/mol. The number of benzene rings is 1. The van der Waals surface area contributed by atoms with Crippen LogP contribution < -0.4 is 14.2 Å². The van der Waals surface area contributed by atoms with Crippen LogP contribution in [-0.2, 0) is 10.0 Å². The first-order chi connectivity index (χ1) is 9.96. The van der Waals surface area contributed by atoms with Crippen LogP contribution in [0.5, 0.6) is 11.5 Å². The third-order valence-corrected chi connectivity index (χ3v) is 5.41. The van der Waals surface area contributed by atoms with Crippen LogP contribution in [0.15, 0.2) is 23.1 Å². The van der Waals surface area contributed by atoms with Crippen molar-refractivity contribution >= 4 is 10.0 Å². The highest BCUT2D eigenvalue weighted by Crippen LogP contribution is 2.32. The monoisotopic (exact) mass is 315 g/mol. The zero-order valence-electron chi connectivity index (χ0n) is 12.3. The van der Waals surface area contributed by atoms with Crippen molar-refractivity contribution < 1.29 is 23.0 Å². The Morgan fingerprint density at radius 1 is 1.19 bits per heavy atom. The molecule has 1 aromatic carbocycles. The van der Waals surface area contributed by atoms with E-state index in [-0.39, 0.29) is 11.5 Å². The van der Waals surface area contributed by atoms with E-state index in [1.807, 2.05) is 13.8 Å². The molecule has 2 rings (SSSR count). The van der Waals surface area contributed by atoms with E-state index < -0.39 is 15.6 Å². The zero-order chi connectivity index (χ0) is 15.5. The van der Waals surface area contributed by atoms with E-state index in [9.17, 15) is 13.5 Å². The van der Waals surface area contributed by atoms with E-state index in [1.165, 1.54) is 12.1 Å².